The van der Waals surface area contributed by atoms with E-state index >= 15 is 0 Å². The number of hydrogen-bond acceptors (Lipinski definition) is 12. The normalized spacial score (nSPS) is 9.56. The molecule has 25 heteroatoms. The van der Waals surface area contributed by atoms with Gasteiger partial charge in [-0.15, -0.1) is 150 Å². The zero-order valence-corrected chi connectivity index (χ0v) is 70.0. The SMILES string of the molecule is C.C.C.C.C.C.Fc1c[c-]c(-c2ncnc3ccccc23)c(F)c1.Fc1c[c-]c(-c2ncnc3ccccc23)cc1.Fc1cc[c-]c(-c2ncnc3ccccc23)c1.Fc1cc[c-]c(-c2ncnc3ccccc23)c1F.Fc1ccc[c-]c1-c1ncnc2ccccc12.[Ir].[Ir].[Ir].[Ir].[Ir].[Ir].[c-]1ccccc1-c1ncnc2ccccc12. The summed E-state index contributed by atoms with van der Waals surface area (Å²) in [5, 5.41) is 5.11. The third-order valence-electron chi connectivity index (χ3n) is 15.5. The molecule has 18 aromatic rings. The number of rotatable bonds is 6. The Balaban J connectivity index is 0.000000676. The second-order valence-corrected chi connectivity index (χ2v) is 22.0. The van der Waals surface area contributed by atoms with Crippen molar-refractivity contribution in [1.82, 2.24) is 59.8 Å². The van der Waals surface area contributed by atoms with E-state index < -0.39 is 23.3 Å². The van der Waals surface area contributed by atoms with Crippen LogP contribution in [-0.4, -0.2) is 59.8 Å². The minimum atomic E-state index is -0.943. The molecule has 0 unspecified atom stereocenters. The van der Waals surface area contributed by atoms with Crippen LogP contribution in [0.5, 0.6) is 0 Å². The maximum Gasteiger partial charge on any atom is 0.106 e. The Morgan fingerprint density at radius 2 is 0.539 bits per heavy atom. The number of fused-ring (bicyclic) bond motifs is 6. The molecule has 0 fully saturated rings. The van der Waals surface area contributed by atoms with Gasteiger partial charge in [-0.2, -0.15) is 0 Å². The van der Waals surface area contributed by atoms with E-state index in [1.54, 1.807) is 54.9 Å². The van der Waals surface area contributed by atoms with E-state index in [1.165, 1.54) is 68.0 Å². The Morgan fingerprint density at radius 1 is 0.209 bits per heavy atom. The van der Waals surface area contributed by atoms with Crippen LogP contribution in [0.2, 0.25) is 0 Å². The van der Waals surface area contributed by atoms with Crippen LogP contribution < -0.4 is 0 Å². The molecule has 6 radical (unpaired) electrons. The Labute approximate surface area is 745 Å². The molecule has 12 nitrogen and oxygen atoms in total. The molecular formula is C90H71F7Ir6N12-6. The van der Waals surface area contributed by atoms with Gasteiger partial charge in [0.1, 0.15) is 38.0 Å². The van der Waals surface area contributed by atoms with Gasteiger partial charge in [0.05, 0.1) is 44.7 Å². The second-order valence-electron chi connectivity index (χ2n) is 22.0. The maximum absolute atomic E-state index is 13.7. The van der Waals surface area contributed by atoms with Crippen molar-refractivity contribution in [1.29, 1.82) is 0 Å². The summed E-state index contributed by atoms with van der Waals surface area (Å²) >= 11 is 0. The zero-order chi connectivity index (χ0) is 70.9. The smallest absolute Gasteiger partial charge is 0.106 e. The number of aromatic nitrogens is 12. The fraction of sp³-hybridized carbons (Fsp3) is 0.0667. The van der Waals surface area contributed by atoms with Crippen LogP contribution in [0.1, 0.15) is 44.6 Å². The molecule has 12 aromatic carbocycles. The Kier molecular flexibility index (Phi) is 45.2. The van der Waals surface area contributed by atoms with Gasteiger partial charge in [-0.3, -0.25) is 51.9 Å². The molecule has 0 aliphatic heterocycles. The Morgan fingerprint density at radius 3 is 0.922 bits per heavy atom. The summed E-state index contributed by atoms with van der Waals surface area (Å²) in [5.41, 5.74) is 11.6. The van der Waals surface area contributed by atoms with Gasteiger partial charge in [-0.25, -0.2) is 38.7 Å². The fourth-order valence-corrected chi connectivity index (χ4v) is 10.8. The van der Waals surface area contributed by atoms with Gasteiger partial charge in [0.2, 0.25) is 0 Å². The average molecular weight is 2610 g/mol. The van der Waals surface area contributed by atoms with Crippen LogP contribution in [0.4, 0.5) is 30.7 Å². The van der Waals surface area contributed by atoms with Crippen molar-refractivity contribution in [3.63, 3.8) is 0 Å². The molecule has 6 heterocycles. The fourth-order valence-electron chi connectivity index (χ4n) is 10.8. The molecule has 18 rings (SSSR count). The molecule has 0 N–H and O–H groups in total. The zero-order valence-electron chi connectivity index (χ0n) is 55.6. The number of halogens is 7. The molecule has 0 spiro atoms. The molecule has 600 valence electrons. The van der Waals surface area contributed by atoms with Crippen molar-refractivity contribution in [3.05, 3.63) is 364 Å². The molecular weight excluding hydrogens is 2540 g/mol. The molecule has 0 saturated carbocycles. The van der Waals surface area contributed by atoms with E-state index in [-0.39, 0.29) is 194 Å². The van der Waals surface area contributed by atoms with Crippen LogP contribution in [0.25, 0.3) is 133 Å². The Hall–Kier alpha value is -9.91. The van der Waals surface area contributed by atoms with Gasteiger partial charge in [0.15, 0.2) is 0 Å². The first-order chi connectivity index (χ1) is 50.5. The van der Waals surface area contributed by atoms with Crippen molar-refractivity contribution in [2.45, 2.75) is 44.6 Å². The molecule has 6 aromatic heterocycles. The Bertz CT molecular complexity index is 5990. The van der Waals surface area contributed by atoms with Gasteiger partial charge < -0.3 is 0 Å². The summed E-state index contributed by atoms with van der Waals surface area (Å²) in [6.07, 6.45) is 8.71. The van der Waals surface area contributed by atoms with Crippen molar-refractivity contribution in [3.8, 4) is 67.5 Å². The van der Waals surface area contributed by atoms with Gasteiger partial charge in [0, 0.05) is 167 Å². The summed E-state index contributed by atoms with van der Waals surface area (Å²) in [4.78, 5) is 50.0. The molecule has 0 atom stereocenters. The summed E-state index contributed by atoms with van der Waals surface area (Å²) in [5.74, 6) is -4.11. The predicted molar refractivity (Wildman–Crippen MR) is 423 cm³/mol. The van der Waals surface area contributed by atoms with E-state index in [0.717, 1.165) is 84.3 Å². The monoisotopic (exact) mass is 2610 g/mol. The molecule has 115 heavy (non-hydrogen) atoms. The summed E-state index contributed by atoms with van der Waals surface area (Å²) < 4.78 is 93.3. The number of nitrogens with zero attached hydrogens (tertiary/aromatic N) is 12. The first-order valence-corrected chi connectivity index (χ1v) is 31.4. The van der Waals surface area contributed by atoms with E-state index in [4.69, 9.17) is 0 Å². The van der Waals surface area contributed by atoms with Crippen LogP contribution in [0.15, 0.2) is 287 Å². The topological polar surface area (TPSA) is 155 Å². The van der Waals surface area contributed by atoms with E-state index in [0.29, 0.717) is 55.7 Å². The minimum Gasteiger partial charge on any atom is -0.285 e. The molecule has 0 saturated heterocycles. The summed E-state index contributed by atoms with van der Waals surface area (Å²) in [7, 11) is 0. The molecule has 0 bridgehead atoms. The van der Waals surface area contributed by atoms with Crippen LogP contribution in [-0.2, 0) is 121 Å². The van der Waals surface area contributed by atoms with E-state index in [1.807, 2.05) is 146 Å². The maximum atomic E-state index is 13.7. The predicted octanol–water partition coefficient (Wildman–Crippen LogP) is 23.4. The first kappa shape index (κ1) is 103. The van der Waals surface area contributed by atoms with E-state index in [9.17, 15) is 30.7 Å². The van der Waals surface area contributed by atoms with Gasteiger partial charge >= 0.3 is 0 Å². The van der Waals surface area contributed by atoms with Gasteiger partial charge in [0.25, 0.3) is 0 Å². The summed E-state index contributed by atoms with van der Waals surface area (Å²) in [6.45, 7) is 0. The number of hydrogen-bond donors (Lipinski definition) is 0. The first-order valence-electron chi connectivity index (χ1n) is 31.4. The third kappa shape index (κ3) is 25.5. The standard InChI is InChI=1S/2C14H7F2N2.3C14H8FN2.C14H9N2.6CH4.6Ir/c15-11-6-3-5-10(13(11)16)14-9-4-1-2-7-12(9)17-8-18-14;15-9-5-6-10(12(16)7-9)14-11-3-1-2-4-13(11)17-8-18-14;15-12-7-3-1-5-10(12)14-11-6-2-4-8-13(11)16-9-17-14;15-11-5-3-4-10(8-11)14-12-6-1-2-7-13(12)16-9-17-14;15-11-7-5-10(6-8-11)14-12-3-1-2-4-13(12)16-9-17-14;1-2-6-11(7-3-1)14-12-8-4-5-9-13(12)15-10-16-14;;;;;;;;;;;;/h1-4,6-8H;1-5,7-8H;1-4,6-9H;1-3,5-9H;1-5,7-9H;1-6,8-10H;6*1H4;;;;;;/q6*-1;;;;;;;;;;;;. The second kappa shape index (κ2) is 50.4. The van der Waals surface area contributed by atoms with Gasteiger partial charge in [-0.1, -0.05) is 177 Å². The minimum absolute atomic E-state index is 0. The molecule has 0 aliphatic rings. The largest absolute Gasteiger partial charge is 0.285 e. The summed E-state index contributed by atoms with van der Waals surface area (Å²) in [6, 6.07) is 88.1. The average Bonchev–Trinajstić information content (AvgIpc) is 0.818. The van der Waals surface area contributed by atoms with E-state index in [2.05, 4.69) is 96.2 Å². The van der Waals surface area contributed by atoms with Crippen molar-refractivity contribution >= 4 is 65.4 Å². The van der Waals surface area contributed by atoms with Gasteiger partial charge in [-0.05, 0) is 85.8 Å². The van der Waals surface area contributed by atoms with Crippen LogP contribution in [0, 0.1) is 77.1 Å². The van der Waals surface area contributed by atoms with Crippen molar-refractivity contribution < 1.29 is 151 Å². The number of para-hydroxylation sites is 6. The number of benzene rings is 12. The molecule has 0 amide bonds. The third-order valence-corrected chi connectivity index (χ3v) is 15.5. The molecule has 0 aliphatic carbocycles. The van der Waals surface area contributed by atoms with Crippen molar-refractivity contribution in [2.24, 2.45) is 0 Å². The van der Waals surface area contributed by atoms with Crippen LogP contribution >= 0.6 is 0 Å². The van der Waals surface area contributed by atoms with Crippen molar-refractivity contribution in [2.75, 3.05) is 0 Å². The quantitative estimate of drug-likeness (QED) is 0.115. The van der Waals surface area contributed by atoms with Crippen LogP contribution in [0.3, 0.4) is 0 Å².